The van der Waals surface area contributed by atoms with E-state index in [1.54, 1.807) is 5.57 Å². The molecule has 4 aliphatic carbocycles. The molecule has 1 heteroatoms. The third-order valence-electron chi connectivity index (χ3n) is 12.2. The van der Waals surface area contributed by atoms with E-state index in [0.29, 0.717) is 21.7 Å². The van der Waals surface area contributed by atoms with Crippen LogP contribution in [-0.4, -0.2) is 11.2 Å². The third kappa shape index (κ3) is 3.67. The summed E-state index contributed by atoms with van der Waals surface area (Å²) in [5.41, 5.74) is 3.67. The van der Waals surface area contributed by atoms with Crippen LogP contribution in [0.25, 0.3) is 0 Å². The van der Waals surface area contributed by atoms with Gasteiger partial charge in [0.2, 0.25) is 0 Å². The average molecular weight is 445 g/mol. The molecule has 0 heterocycles. The molecule has 0 spiro atoms. The highest BCUT2D eigenvalue weighted by Crippen LogP contribution is 2.78. The Bertz CT molecular complexity index is 693. The molecule has 186 valence electrons. The zero-order valence-electron chi connectivity index (χ0n) is 23.2. The lowest BCUT2D eigenvalue weighted by Crippen LogP contribution is -2.62. The summed E-state index contributed by atoms with van der Waals surface area (Å²) in [6.07, 6.45) is 18.2. The summed E-state index contributed by atoms with van der Waals surface area (Å²) >= 11 is 0. The minimum atomic E-state index is -0.105. The van der Waals surface area contributed by atoms with Crippen LogP contribution < -0.4 is 0 Å². The molecule has 0 unspecified atom stereocenters. The summed E-state index contributed by atoms with van der Waals surface area (Å²) in [4.78, 5) is 0. The highest BCUT2D eigenvalue weighted by molar-refractivity contribution is 5.32. The van der Waals surface area contributed by atoms with E-state index in [0.717, 1.165) is 24.7 Å². The number of allylic oxidation sites excluding steroid dienone is 1. The summed E-state index contributed by atoms with van der Waals surface area (Å²) in [5.74, 6) is 1.69. The van der Waals surface area contributed by atoms with E-state index in [1.807, 2.05) is 13.8 Å². The highest BCUT2D eigenvalue weighted by atomic mass is 16.3. The van der Waals surface area contributed by atoms with Gasteiger partial charge in [0, 0.05) is 0 Å². The first-order valence-corrected chi connectivity index (χ1v) is 14.3. The van der Waals surface area contributed by atoms with Crippen molar-refractivity contribution >= 4 is 0 Å². The fourth-order valence-corrected chi connectivity index (χ4v) is 9.39. The molecule has 7 atom stereocenters. The van der Waals surface area contributed by atoms with E-state index in [4.69, 9.17) is 0 Å². The predicted octanol–water partition coefficient (Wildman–Crippen LogP) is 9.34. The maximum atomic E-state index is 10.4. The minimum absolute atomic E-state index is 0.105. The molecule has 0 amide bonds. The van der Waals surface area contributed by atoms with E-state index >= 15 is 0 Å². The van der Waals surface area contributed by atoms with E-state index in [9.17, 15) is 5.11 Å². The van der Waals surface area contributed by atoms with Crippen molar-refractivity contribution in [1.82, 2.24) is 0 Å². The van der Waals surface area contributed by atoms with Gasteiger partial charge in [0.1, 0.15) is 0 Å². The molecule has 0 aromatic heterocycles. The standard InChI is InChI=1S/C29H50O.C2H6/c1-21(2)10-8-9-14-25(3)15-13-24-27(25,5)18-19-29(7)26(4)17-12-23(30)20-22(26)11-16-28(24,29)6;1-2/h11,21,23-24,30H,8-10,12-20H2,1-7H3;1-2H3/t23-,24+,25-,26-,27-,28-,29+;/m0./s1. The van der Waals surface area contributed by atoms with E-state index in [-0.39, 0.29) is 11.5 Å². The Kier molecular flexibility index (Phi) is 7.44. The molecular formula is C31H56O. The molecular weight excluding hydrogens is 388 g/mol. The van der Waals surface area contributed by atoms with Gasteiger partial charge in [-0.15, -0.1) is 0 Å². The van der Waals surface area contributed by atoms with Gasteiger partial charge in [-0.05, 0) is 96.7 Å². The Balaban J connectivity index is 0.00000141. The van der Waals surface area contributed by atoms with Crippen LogP contribution in [0.5, 0.6) is 0 Å². The normalized spacial score (nSPS) is 47.7. The molecule has 4 rings (SSSR count). The predicted molar refractivity (Wildman–Crippen MR) is 140 cm³/mol. The zero-order chi connectivity index (χ0) is 24.0. The van der Waals surface area contributed by atoms with Crippen molar-refractivity contribution in [1.29, 1.82) is 0 Å². The summed E-state index contributed by atoms with van der Waals surface area (Å²) < 4.78 is 0. The molecule has 0 bridgehead atoms. The Morgan fingerprint density at radius 1 is 0.906 bits per heavy atom. The lowest BCUT2D eigenvalue weighted by Gasteiger charge is -2.70. The number of rotatable bonds is 5. The third-order valence-corrected chi connectivity index (χ3v) is 12.2. The lowest BCUT2D eigenvalue weighted by atomic mass is 9.34. The van der Waals surface area contributed by atoms with Gasteiger partial charge in [-0.2, -0.15) is 0 Å². The van der Waals surface area contributed by atoms with Crippen LogP contribution in [0.2, 0.25) is 0 Å². The van der Waals surface area contributed by atoms with Crippen molar-refractivity contribution in [2.45, 2.75) is 145 Å². The average Bonchev–Trinajstić information content (AvgIpc) is 3.02. The van der Waals surface area contributed by atoms with Gasteiger partial charge in [-0.25, -0.2) is 0 Å². The first-order valence-electron chi connectivity index (χ1n) is 14.3. The Hall–Kier alpha value is -0.300. The monoisotopic (exact) mass is 444 g/mol. The van der Waals surface area contributed by atoms with Crippen molar-refractivity contribution in [3.8, 4) is 0 Å². The van der Waals surface area contributed by atoms with Crippen molar-refractivity contribution in [3.63, 3.8) is 0 Å². The van der Waals surface area contributed by atoms with Crippen LogP contribution in [0.4, 0.5) is 0 Å². The maximum absolute atomic E-state index is 10.4. The van der Waals surface area contributed by atoms with Gasteiger partial charge in [0.05, 0.1) is 6.10 Å². The zero-order valence-corrected chi connectivity index (χ0v) is 23.2. The summed E-state index contributed by atoms with van der Waals surface area (Å²) in [6.45, 7) is 22.0. The van der Waals surface area contributed by atoms with E-state index in [1.165, 1.54) is 64.2 Å². The van der Waals surface area contributed by atoms with Crippen molar-refractivity contribution in [2.24, 2.45) is 38.9 Å². The van der Waals surface area contributed by atoms with Crippen LogP contribution >= 0.6 is 0 Å². The molecule has 0 aromatic rings. The highest BCUT2D eigenvalue weighted by Gasteiger charge is 2.70. The molecule has 0 aromatic carbocycles. The summed E-state index contributed by atoms with van der Waals surface area (Å²) in [5, 5.41) is 10.4. The molecule has 1 nitrogen and oxygen atoms in total. The fourth-order valence-electron chi connectivity index (χ4n) is 9.39. The molecule has 0 aliphatic heterocycles. The largest absolute Gasteiger partial charge is 0.393 e. The smallest absolute Gasteiger partial charge is 0.0577 e. The van der Waals surface area contributed by atoms with E-state index in [2.05, 4.69) is 54.5 Å². The number of unbranched alkanes of at least 4 members (excludes halogenated alkanes) is 1. The Morgan fingerprint density at radius 3 is 2.25 bits per heavy atom. The Labute approximate surface area is 201 Å². The molecule has 4 aliphatic rings. The quantitative estimate of drug-likeness (QED) is 0.331. The number of aliphatic hydroxyl groups excluding tert-OH is 1. The number of hydrogen-bond acceptors (Lipinski definition) is 1. The molecule has 3 fully saturated rings. The molecule has 1 N–H and O–H groups in total. The lowest BCUT2D eigenvalue weighted by molar-refractivity contribution is -0.184. The topological polar surface area (TPSA) is 20.2 Å². The van der Waals surface area contributed by atoms with Gasteiger partial charge in [0.15, 0.2) is 0 Å². The van der Waals surface area contributed by atoms with Crippen LogP contribution in [0.3, 0.4) is 0 Å². The molecule has 0 radical (unpaired) electrons. The van der Waals surface area contributed by atoms with Crippen molar-refractivity contribution < 1.29 is 5.11 Å². The van der Waals surface area contributed by atoms with Gasteiger partial charge >= 0.3 is 0 Å². The number of hydrogen-bond donors (Lipinski definition) is 1. The van der Waals surface area contributed by atoms with Crippen molar-refractivity contribution in [3.05, 3.63) is 11.6 Å². The van der Waals surface area contributed by atoms with Crippen LogP contribution in [0.15, 0.2) is 11.6 Å². The van der Waals surface area contributed by atoms with Gasteiger partial charge in [-0.3, -0.25) is 0 Å². The van der Waals surface area contributed by atoms with Crippen LogP contribution in [-0.2, 0) is 0 Å². The SMILES string of the molecule is CC.CC(C)CCCC[C@@]1(C)CC[C@@H]2[C@]1(C)CC[C@]1(C)[C@@]3(C)CC[C@H](O)CC3=CC[C@@]21C. The summed E-state index contributed by atoms with van der Waals surface area (Å²) in [7, 11) is 0. The van der Waals surface area contributed by atoms with Crippen LogP contribution in [0, 0.1) is 38.9 Å². The molecule has 3 saturated carbocycles. The number of aliphatic hydroxyl groups is 1. The van der Waals surface area contributed by atoms with Gasteiger partial charge < -0.3 is 5.11 Å². The fraction of sp³-hybridized carbons (Fsp3) is 0.935. The van der Waals surface area contributed by atoms with Crippen LogP contribution in [0.1, 0.15) is 139 Å². The first-order chi connectivity index (χ1) is 14.9. The van der Waals surface area contributed by atoms with Crippen molar-refractivity contribution in [2.75, 3.05) is 0 Å². The second kappa shape index (κ2) is 9.05. The van der Waals surface area contributed by atoms with Gasteiger partial charge in [-0.1, -0.05) is 93.2 Å². The number of fused-ring (bicyclic) bond motifs is 5. The maximum Gasteiger partial charge on any atom is 0.0577 e. The second-order valence-corrected chi connectivity index (χ2v) is 13.6. The Morgan fingerprint density at radius 2 is 1.59 bits per heavy atom. The minimum Gasteiger partial charge on any atom is -0.393 e. The second-order valence-electron chi connectivity index (χ2n) is 13.6. The first kappa shape index (κ1) is 26.3. The van der Waals surface area contributed by atoms with Gasteiger partial charge in [0.25, 0.3) is 0 Å². The molecule has 0 saturated heterocycles. The summed E-state index contributed by atoms with van der Waals surface area (Å²) in [6, 6.07) is 0. The van der Waals surface area contributed by atoms with E-state index < -0.39 is 0 Å². The molecule has 32 heavy (non-hydrogen) atoms.